The fourth-order valence-electron chi connectivity index (χ4n) is 2.12. The highest BCUT2D eigenvalue weighted by Crippen LogP contribution is 2.23. The van der Waals surface area contributed by atoms with Gasteiger partial charge in [-0.1, -0.05) is 11.6 Å². The Morgan fingerprint density at radius 2 is 1.27 bits per heavy atom. The molecule has 33 heavy (non-hydrogen) atoms. The van der Waals surface area contributed by atoms with E-state index in [1.807, 2.05) is 0 Å². The van der Waals surface area contributed by atoms with Gasteiger partial charge in [-0.2, -0.15) is 0 Å². The van der Waals surface area contributed by atoms with Crippen LogP contribution in [-0.4, -0.2) is 27.6 Å². The summed E-state index contributed by atoms with van der Waals surface area (Å²) >= 11 is 5.55. The molecule has 0 amide bonds. The number of phenols is 1. The van der Waals surface area contributed by atoms with Crippen LogP contribution in [0.4, 0.5) is 8.78 Å². The highest BCUT2D eigenvalue weighted by Gasteiger charge is 2.03. The molecule has 6 nitrogen and oxygen atoms in total. The molecule has 0 bridgehead atoms. The lowest BCUT2D eigenvalue weighted by Gasteiger charge is -2.06. The predicted octanol–water partition coefficient (Wildman–Crippen LogP) is 5.90. The van der Waals surface area contributed by atoms with Gasteiger partial charge < -0.3 is 9.84 Å². The van der Waals surface area contributed by atoms with Crippen molar-refractivity contribution in [2.24, 2.45) is 0 Å². The van der Waals surface area contributed by atoms with Gasteiger partial charge in [0.25, 0.3) is 0 Å². The van der Waals surface area contributed by atoms with Crippen molar-refractivity contribution < 1.29 is 28.2 Å². The van der Waals surface area contributed by atoms with Gasteiger partial charge in [-0.3, -0.25) is 19.6 Å². The number of carbonyl (C=O) groups is 2. The summed E-state index contributed by atoms with van der Waals surface area (Å²) in [5.74, 6) is 0.291. The molecular formula is C24H17ClF2N2O4. The minimum atomic E-state index is -0.335. The van der Waals surface area contributed by atoms with Crippen LogP contribution in [-0.2, 0) is 0 Å². The minimum Gasteiger partial charge on any atom is -0.508 e. The lowest BCUT2D eigenvalue weighted by molar-refractivity contribution is 0.111. The van der Waals surface area contributed by atoms with Crippen LogP contribution < -0.4 is 4.74 Å². The average Bonchev–Trinajstić information content (AvgIpc) is 2.84. The molecule has 9 heteroatoms. The maximum absolute atomic E-state index is 12.6. The van der Waals surface area contributed by atoms with Crippen LogP contribution in [0.1, 0.15) is 20.7 Å². The van der Waals surface area contributed by atoms with Gasteiger partial charge in [0.15, 0.2) is 12.6 Å². The molecular weight excluding hydrogens is 454 g/mol. The monoisotopic (exact) mass is 470 g/mol. The van der Waals surface area contributed by atoms with Gasteiger partial charge in [-0.15, -0.1) is 0 Å². The van der Waals surface area contributed by atoms with Crippen LogP contribution in [0.15, 0.2) is 85.5 Å². The first-order valence-electron chi connectivity index (χ1n) is 9.24. The summed E-state index contributed by atoms with van der Waals surface area (Å²) in [6, 6.07) is 13.7. The molecule has 0 aliphatic heterocycles. The van der Waals surface area contributed by atoms with Gasteiger partial charge in [-0.05, 0) is 60.7 Å². The number of ether oxygens (including phenoxy) is 1. The van der Waals surface area contributed by atoms with E-state index in [1.165, 1.54) is 73.3 Å². The van der Waals surface area contributed by atoms with Crippen LogP contribution in [0.2, 0.25) is 5.02 Å². The van der Waals surface area contributed by atoms with Crippen molar-refractivity contribution in [1.82, 2.24) is 9.97 Å². The Kier molecular flexibility index (Phi) is 10.1. The van der Waals surface area contributed by atoms with Crippen molar-refractivity contribution in [3.63, 3.8) is 0 Å². The van der Waals surface area contributed by atoms with E-state index in [2.05, 4.69) is 9.97 Å². The van der Waals surface area contributed by atoms with Gasteiger partial charge in [0.05, 0.1) is 16.1 Å². The molecule has 4 rings (SSSR count). The number of hydrogen-bond acceptors (Lipinski definition) is 6. The fourth-order valence-corrected chi connectivity index (χ4v) is 2.27. The average molecular weight is 471 g/mol. The summed E-state index contributed by atoms with van der Waals surface area (Å²) in [6.07, 6.45) is 7.23. The van der Waals surface area contributed by atoms with Crippen molar-refractivity contribution in [2.45, 2.75) is 0 Å². The molecule has 0 unspecified atom stereocenters. The molecule has 0 atom stereocenters. The van der Waals surface area contributed by atoms with Crippen molar-refractivity contribution in [3.05, 3.63) is 113 Å². The van der Waals surface area contributed by atoms with Gasteiger partial charge in [0, 0.05) is 24.8 Å². The molecule has 0 radical (unpaired) electrons. The van der Waals surface area contributed by atoms with E-state index in [0.717, 1.165) is 0 Å². The van der Waals surface area contributed by atoms with E-state index in [4.69, 9.17) is 21.4 Å². The fraction of sp³-hybridized carbons (Fsp3) is 0. The number of phenolic OH excluding ortho intramolecular Hbond substituents is 1. The van der Waals surface area contributed by atoms with Gasteiger partial charge in [0.1, 0.15) is 28.9 Å². The first-order chi connectivity index (χ1) is 15.9. The highest BCUT2D eigenvalue weighted by molar-refractivity contribution is 6.32. The second-order valence-electron chi connectivity index (χ2n) is 6.08. The third-order valence-corrected chi connectivity index (χ3v) is 4.07. The smallest absolute Gasteiger partial charge is 0.155 e. The third-order valence-electron chi connectivity index (χ3n) is 3.73. The van der Waals surface area contributed by atoms with E-state index in [9.17, 15) is 18.4 Å². The van der Waals surface area contributed by atoms with E-state index in [0.29, 0.717) is 40.2 Å². The SMILES string of the molecule is O=Cc1cnccc1Cl.O=Cc1cnccc1Oc1ccc(F)cc1.Oc1ccc(F)cc1. The maximum atomic E-state index is 12.6. The lowest BCUT2D eigenvalue weighted by atomic mass is 10.3. The number of hydrogen-bond donors (Lipinski definition) is 1. The zero-order valence-corrected chi connectivity index (χ0v) is 17.7. The summed E-state index contributed by atoms with van der Waals surface area (Å²) in [5, 5.41) is 9.03. The van der Waals surface area contributed by atoms with Crippen LogP contribution in [0.5, 0.6) is 17.2 Å². The Balaban J connectivity index is 0.000000192. The predicted molar refractivity (Wildman–Crippen MR) is 119 cm³/mol. The standard InChI is InChI=1S/C12H8FNO2.C6H4ClNO.C6H5FO/c13-10-1-3-11(4-2-10)16-12-5-6-14-7-9(12)8-15;7-6-1-2-8-3-5(6)4-9;7-5-1-3-6(8)4-2-5/h1-8H;1-4H;1-4,8H. The highest BCUT2D eigenvalue weighted by atomic mass is 35.5. The van der Waals surface area contributed by atoms with Crippen molar-refractivity contribution >= 4 is 24.2 Å². The summed E-state index contributed by atoms with van der Waals surface area (Å²) in [6.45, 7) is 0. The van der Waals surface area contributed by atoms with Gasteiger partial charge >= 0.3 is 0 Å². The topological polar surface area (TPSA) is 89.4 Å². The van der Waals surface area contributed by atoms with Crippen LogP contribution in [0.25, 0.3) is 0 Å². The number of aromatic nitrogens is 2. The quantitative estimate of drug-likeness (QED) is 0.373. The number of aromatic hydroxyl groups is 1. The van der Waals surface area contributed by atoms with E-state index < -0.39 is 0 Å². The molecule has 0 spiro atoms. The van der Waals surface area contributed by atoms with Crippen LogP contribution >= 0.6 is 11.6 Å². The zero-order chi connectivity index (χ0) is 24.1. The zero-order valence-electron chi connectivity index (χ0n) is 16.9. The molecule has 1 N–H and O–H groups in total. The van der Waals surface area contributed by atoms with Crippen LogP contribution in [0, 0.1) is 11.6 Å². The molecule has 0 saturated heterocycles. The number of carbonyl (C=O) groups excluding carboxylic acids is 2. The summed E-state index contributed by atoms with van der Waals surface area (Å²) in [4.78, 5) is 28.3. The Morgan fingerprint density at radius 1 is 0.758 bits per heavy atom. The molecule has 0 fully saturated rings. The Hall–Kier alpha value is -4.17. The van der Waals surface area contributed by atoms with Gasteiger partial charge in [0.2, 0.25) is 0 Å². The molecule has 0 aliphatic carbocycles. The number of rotatable bonds is 4. The van der Waals surface area contributed by atoms with E-state index >= 15 is 0 Å². The normalized spacial score (nSPS) is 9.42. The number of pyridine rings is 2. The second kappa shape index (κ2) is 13.3. The molecule has 168 valence electrons. The molecule has 2 aromatic heterocycles. The first-order valence-corrected chi connectivity index (χ1v) is 9.62. The second-order valence-corrected chi connectivity index (χ2v) is 6.49. The first kappa shape index (κ1) is 25.1. The van der Waals surface area contributed by atoms with E-state index in [1.54, 1.807) is 12.1 Å². The largest absolute Gasteiger partial charge is 0.508 e. The van der Waals surface area contributed by atoms with Crippen molar-refractivity contribution in [1.29, 1.82) is 0 Å². The summed E-state index contributed by atoms with van der Waals surface area (Å²) in [7, 11) is 0. The number of halogens is 3. The summed E-state index contributed by atoms with van der Waals surface area (Å²) < 4.78 is 30.0. The number of aldehydes is 2. The van der Waals surface area contributed by atoms with Gasteiger partial charge in [-0.25, -0.2) is 8.78 Å². The summed E-state index contributed by atoms with van der Waals surface area (Å²) in [5.41, 5.74) is 0.783. The molecule has 0 saturated carbocycles. The number of nitrogens with zero attached hydrogens (tertiary/aromatic N) is 2. The lowest BCUT2D eigenvalue weighted by Crippen LogP contribution is -1.91. The van der Waals surface area contributed by atoms with Crippen molar-refractivity contribution in [2.75, 3.05) is 0 Å². The Bertz CT molecular complexity index is 1150. The number of benzene rings is 2. The molecule has 4 aromatic rings. The van der Waals surface area contributed by atoms with Crippen LogP contribution in [0.3, 0.4) is 0 Å². The van der Waals surface area contributed by atoms with Crippen molar-refractivity contribution in [3.8, 4) is 17.2 Å². The molecule has 2 heterocycles. The third kappa shape index (κ3) is 8.84. The Morgan fingerprint density at radius 3 is 1.76 bits per heavy atom. The molecule has 0 aliphatic rings. The minimum absolute atomic E-state index is 0.0893. The maximum Gasteiger partial charge on any atom is 0.155 e. The Labute approximate surface area is 193 Å². The molecule has 2 aromatic carbocycles. The van der Waals surface area contributed by atoms with E-state index in [-0.39, 0.29) is 17.4 Å².